The molecule has 1 N–H and O–H groups in total. The van der Waals surface area contributed by atoms with Crippen LogP contribution in [0.5, 0.6) is 11.5 Å². The summed E-state index contributed by atoms with van der Waals surface area (Å²) in [6.45, 7) is 1.99. The highest BCUT2D eigenvalue weighted by Gasteiger charge is 2.08. The van der Waals surface area contributed by atoms with Crippen LogP contribution in [0.1, 0.15) is 24.1 Å². The molecular weight excluding hydrogens is 238 g/mol. The quantitative estimate of drug-likeness (QED) is 0.848. The summed E-state index contributed by atoms with van der Waals surface area (Å²) in [5.74, 6) is 1.06. The standard InChI is InChI=1S/C16H17NO2/c1-12(14-8-4-6-10-16(14)19-2)17-11-13-7-3-5-9-15(13)18/h3-12,18H,1-2H3/t12-/m0/s1. The highest BCUT2D eigenvalue weighted by atomic mass is 16.5. The first kappa shape index (κ1) is 13.1. The Morgan fingerprint density at radius 3 is 2.53 bits per heavy atom. The summed E-state index contributed by atoms with van der Waals surface area (Å²) in [5, 5.41) is 9.68. The minimum absolute atomic E-state index is 0.0317. The number of para-hydroxylation sites is 2. The molecule has 19 heavy (non-hydrogen) atoms. The zero-order valence-corrected chi connectivity index (χ0v) is 11.1. The van der Waals surface area contributed by atoms with Gasteiger partial charge in [-0.2, -0.15) is 0 Å². The van der Waals surface area contributed by atoms with Gasteiger partial charge in [-0.15, -0.1) is 0 Å². The van der Waals surface area contributed by atoms with Crippen LogP contribution in [0, 0.1) is 0 Å². The molecule has 0 spiro atoms. The fourth-order valence-electron chi connectivity index (χ4n) is 1.88. The number of rotatable bonds is 4. The van der Waals surface area contributed by atoms with E-state index in [1.54, 1.807) is 25.5 Å². The third kappa shape index (κ3) is 3.13. The molecule has 0 aliphatic rings. The Kier molecular flexibility index (Phi) is 4.18. The van der Waals surface area contributed by atoms with Crippen LogP contribution in [0.2, 0.25) is 0 Å². The molecule has 0 radical (unpaired) electrons. The number of methoxy groups -OCH3 is 1. The van der Waals surface area contributed by atoms with E-state index >= 15 is 0 Å². The normalized spacial score (nSPS) is 12.5. The average Bonchev–Trinajstić information content (AvgIpc) is 2.46. The second-order valence-corrected chi connectivity index (χ2v) is 4.25. The summed E-state index contributed by atoms with van der Waals surface area (Å²) >= 11 is 0. The van der Waals surface area contributed by atoms with Crippen molar-refractivity contribution in [2.45, 2.75) is 13.0 Å². The van der Waals surface area contributed by atoms with Crippen molar-refractivity contribution in [3.05, 3.63) is 59.7 Å². The topological polar surface area (TPSA) is 41.8 Å². The van der Waals surface area contributed by atoms with Crippen molar-refractivity contribution in [1.29, 1.82) is 0 Å². The van der Waals surface area contributed by atoms with Gasteiger partial charge in [-0.1, -0.05) is 30.3 Å². The van der Waals surface area contributed by atoms with E-state index in [1.807, 2.05) is 43.3 Å². The van der Waals surface area contributed by atoms with Gasteiger partial charge in [0.2, 0.25) is 0 Å². The average molecular weight is 255 g/mol. The molecule has 0 heterocycles. The molecule has 2 rings (SSSR count). The Balaban J connectivity index is 2.21. The maximum Gasteiger partial charge on any atom is 0.124 e. The van der Waals surface area contributed by atoms with Crippen LogP contribution in [0.4, 0.5) is 0 Å². The molecule has 0 aromatic heterocycles. The molecule has 2 aromatic carbocycles. The summed E-state index contributed by atoms with van der Waals surface area (Å²) in [4.78, 5) is 4.47. The molecule has 0 bridgehead atoms. The lowest BCUT2D eigenvalue weighted by Gasteiger charge is -2.11. The Bertz CT molecular complexity index is 578. The lowest BCUT2D eigenvalue weighted by molar-refractivity contribution is 0.407. The van der Waals surface area contributed by atoms with Crippen molar-refractivity contribution in [2.24, 2.45) is 4.99 Å². The van der Waals surface area contributed by atoms with Crippen LogP contribution in [-0.2, 0) is 0 Å². The van der Waals surface area contributed by atoms with Gasteiger partial charge in [0.25, 0.3) is 0 Å². The molecule has 0 fully saturated rings. The van der Waals surface area contributed by atoms with Crippen LogP contribution in [0.25, 0.3) is 0 Å². The minimum atomic E-state index is -0.0317. The number of benzene rings is 2. The molecule has 0 saturated heterocycles. The van der Waals surface area contributed by atoms with Crippen molar-refractivity contribution in [3.8, 4) is 11.5 Å². The van der Waals surface area contributed by atoms with Gasteiger partial charge >= 0.3 is 0 Å². The molecule has 0 amide bonds. The van der Waals surface area contributed by atoms with Gasteiger partial charge in [-0.25, -0.2) is 0 Å². The predicted molar refractivity (Wildman–Crippen MR) is 77.1 cm³/mol. The number of hydrogen-bond acceptors (Lipinski definition) is 3. The highest BCUT2D eigenvalue weighted by Crippen LogP contribution is 2.27. The second kappa shape index (κ2) is 6.05. The number of nitrogens with zero attached hydrogens (tertiary/aromatic N) is 1. The van der Waals surface area contributed by atoms with E-state index in [4.69, 9.17) is 4.74 Å². The number of aromatic hydroxyl groups is 1. The smallest absolute Gasteiger partial charge is 0.124 e. The van der Waals surface area contributed by atoms with Gasteiger partial charge < -0.3 is 9.84 Å². The number of phenolic OH excluding ortho intramolecular Hbond substituents is 1. The molecule has 3 nitrogen and oxygen atoms in total. The van der Waals surface area contributed by atoms with Crippen LogP contribution in [-0.4, -0.2) is 18.4 Å². The molecule has 0 aliphatic heterocycles. The zero-order valence-electron chi connectivity index (χ0n) is 11.1. The molecule has 0 unspecified atom stereocenters. The first-order valence-corrected chi connectivity index (χ1v) is 6.16. The van der Waals surface area contributed by atoms with E-state index < -0.39 is 0 Å². The molecule has 98 valence electrons. The van der Waals surface area contributed by atoms with Crippen LogP contribution in [0.15, 0.2) is 53.5 Å². The van der Waals surface area contributed by atoms with Crippen molar-refractivity contribution < 1.29 is 9.84 Å². The van der Waals surface area contributed by atoms with Crippen molar-refractivity contribution in [1.82, 2.24) is 0 Å². The van der Waals surface area contributed by atoms with E-state index in [-0.39, 0.29) is 11.8 Å². The van der Waals surface area contributed by atoms with E-state index in [2.05, 4.69) is 4.99 Å². The molecule has 1 atom stereocenters. The lowest BCUT2D eigenvalue weighted by Crippen LogP contribution is -1.96. The third-order valence-electron chi connectivity index (χ3n) is 2.96. The van der Waals surface area contributed by atoms with E-state index in [9.17, 15) is 5.11 Å². The highest BCUT2D eigenvalue weighted by molar-refractivity contribution is 5.83. The summed E-state index contributed by atoms with van der Waals surface area (Å²) < 4.78 is 5.32. The SMILES string of the molecule is COc1ccccc1[C@H](C)N=Cc1ccccc1O. The van der Waals surface area contributed by atoms with E-state index in [0.717, 1.165) is 11.3 Å². The summed E-state index contributed by atoms with van der Waals surface area (Å²) in [6, 6.07) is 14.9. The predicted octanol–water partition coefficient (Wildman–Crippen LogP) is 3.58. The molecule has 2 aromatic rings. The van der Waals surface area contributed by atoms with Gasteiger partial charge in [-0.3, -0.25) is 4.99 Å². The maximum absolute atomic E-state index is 9.68. The van der Waals surface area contributed by atoms with Crippen molar-refractivity contribution >= 4 is 6.21 Å². The van der Waals surface area contributed by atoms with Crippen LogP contribution < -0.4 is 4.74 Å². The number of hydrogen-bond donors (Lipinski definition) is 1. The van der Waals surface area contributed by atoms with E-state index in [1.165, 1.54) is 0 Å². The second-order valence-electron chi connectivity index (χ2n) is 4.25. The molecule has 3 heteroatoms. The molecular formula is C16H17NO2. The van der Waals surface area contributed by atoms with Crippen LogP contribution >= 0.6 is 0 Å². The minimum Gasteiger partial charge on any atom is -0.507 e. The monoisotopic (exact) mass is 255 g/mol. The Morgan fingerprint density at radius 2 is 1.79 bits per heavy atom. The van der Waals surface area contributed by atoms with Gasteiger partial charge in [-0.05, 0) is 25.1 Å². The van der Waals surface area contributed by atoms with Crippen LogP contribution in [0.3, 0.4) is 0 Å². The Hall–Kier alpha value is -2.29. The van der Waals surface area contributed by atoms with Crippen molar-refractivity contribution in [2.75, 3.05) is 7.11 Å². The van der Waals surface area contributed by atoms with Crippen molar-refractivity contribution in [3.63, 3.8) is 0 Å². The first-order valence-electron chi connectivity index (χ1n) is 6.16. The summed E-state index contributed by atoms with van der Waals surface area (Å²) in [7, 11) is 1.65. The maximum atomic E-state index is 9.68. The van der Waals surface area contributed by atoms with E-state index in [0.29, 0.717) is 5.56 Å². The fourth-order valence-corrected chi connectivity index (χ4v) is 1.88. The first-order chi connectivity index (χ1) is 9.22. The third-order valence-corrected chi connectivity index (χ3v) is 2.96. The van der Waals surface area contributed by atoms with Gasteiger partial charge in [0.1, 0.15) is 11.5 Å². The summed E-state index contributed by atoms with van der Waals surface area (Å²) in [5.41, 5.74) is 1.74. The van der Waals surface area contributed by atoms with Gasteiger partial charge in [0.15, 0.2) is 0 Å². The largest absolute Gasteiger partial charge is 0.507 e. The Labute approximate surface area is 113 Å². The molecule has 0 saturated carbocycles. The molecule has 0 aliphatic carbocycles. The Morgan fingerprint density at radius 1 is 1.11 bits per heavy atom. The number of ether oxygens (including phenoxy) is 1. The van der Waals surface area contributed by atoms with Gasteiger partial charge in [0.05, 0.1) is 13.2 Å². The zero-order chi connectivity index (χ0) is 13.7. The van der Waals surface area contributed by atoms with Gasteiger partial charge in [0, 0.05) is 17.3 Å². The fraction of sp³-hybridized carbons (Fsp3) is 0.188. The lowest BCUT2D eigenvalue weighted by atomic mass is 10.1. The number of phenols is 1. The summed E-state index contributed by atoms with van der Waals surface area (Å²) in [6.07, 6.45) is 1.69. The number of aliphatic imine (C=N–C) groups is 1.